The highest BCUT2D eigenvalue weighted by Crippen LogP contribution is 2.16. The molecule has 0 atom stereocenters. The average Bonchev–Trinajstić information content (AvgIpc) is 2.22. The summed E-state index contributed by atoms with van der Waals surface area (Å²) in [6, 6.07) is 6.01. The summed E-state index contributed by atoms with van der Waals surface area (Å²) in [7, 11) is 0. The van der Waals surface area contributed by atoms with Gasteiger partial charge in [-0.1, -0.05) is 6.07 Å². The van der Waals surface area contributed by atoms with Gasteiger partial charge in [0.05, 0.1) is 0 Å². The average molecular weight is 235 g/mol. The lowest BCUT2D eigenvalue weighted by atomic mass is 10.2. The molecule has 4 nitrogen and oxygen atoms in total. The number of nitrogens with one attached hydrogen (secondary N) is 2. The normalized spacial score (nSPS) is 10.4. The number of hydrogen-bond acceptors (Lipinski definition) is 3. The molecule has 0 radical (unpaired) electrons. The minimum Gasteiger partial charge on any atom is -0.398 e. The van der Waals surface area contributed by atoms with E-state index in [1.165, 1.54) is 0 Å². The van der Waals surface area contributed by atoms with Gasteiger partial charge in [-0.05, 0) is 38.5 Å². The number of carbonyl (C=O) groups excluding carboxylic acids is 1. The number of aryl methyl sites for hydroxylation is 1. The summed E-state index contributed by atoms with van der Waals surface area (Å²) in [4.78, 5) is 11.4. The lowest BCUT2D eigenvalue weighted by molar-refractivity contribution is -0.121. The predicted octanol–water partition coefficient (Wildman–Crippen LogP) is 1.90. The summed E-state index contributed by atoms with van der Waals surface area (Å²) in [6.45, 7) is 6.48. The van der Waals surface area contributed by atoms with E-state index in [1.54, 1.807) is 0 Å². The lowest BCUT2D eigenvalue weighted by Crippen LogP contribution is -2.31. The molecule has 94 valence electrons. The van der Waals surface area contributed by atoms with Crippen molar-refractivity contribution in [2.24, 2.45) is 0 Å². The quantitative estimate of drug-likeness (QED) is 0.683. The zero-order valence-electron chi connectivity index (χ0n) is 10.7. The van der Waals surface area contributed by atoms with Gasteiger partial charge in [0, 0.05) is 30.4 Å². The molecule has 1 aromatic carbocycles. The van der Waals surface area contributed by atoms with Crippen LogP contribution in [0.1, 0.15) is 25.8 Å². The van der Waals surface area contributed by atoms with Gasteiger partial charge in [-0.15, -0.1) is 0 Å². The van der Waals surface area contributed by atoms with Crippen molar-refractivity contribution in [2.75, 3.05) is 17.6 Å². The van der Waals surface area contributed by atoms with Gasteiger partial charge in [0.25, 0.3) is 0 Å². The molecule has 0 aliphatic carbocycles. The van der Waals surface area contributed by atoms with Gasteiger partial charge < -0.3 is 16.4 Å². The summed E-state index contributed by atoms with van der Waals surface area (Å²) in [5.74, 6) is 0.0626. The molecule has 0 fully saturated rings. The van der Waals surface area contributed by atoms with Crippen LogP contribution >= 0.6 is 0 Å². The Morgan fingerprint density at radius 3 is 2.71 bits per heavy atom. The van der Waals surface area contributed by atoms with Gasteiger partial charge in [-0.25, -0.2) is 0 Å². The maximum absolute atomic E-state index is 11.4. The van der Waals surface area contributed by atoms with E-state index in [1.807, 2.05) is 39.0 Å². The minimum absolute atomic E-state index is 0.0626. The van der Waals surface area contributed by atoms with Crippen molar-refractivity contribution in [3.05, 3.63) is 23.8 Å². The van der Waals surface area contributed by atoms with Crippen molar-refractivity contribution >= 4 is 17.3 Å². The number of nitrogens with two attached hydrogens (primary N) is 1. The molecule has 0 saturated carbocycles. The summed E-state index contributed by atoms with van der Waals surface area (Å²) in [5, 5.41) is 6.02. The molecule has 0 unspecified atom stereocenters. The highest BCUT2D eigenvalue weighted by atomic mass is 16.1. The van der Waals surface area contributed by atoms with E-state index in [0.717, 1.165) is 16.9 Å². The van der Waals surface area contributed by atoms with Crippen molar-refractivity contribution in [1.29, 1.82) is 0 Å². The van der Waals surface area contributed by atoms with Gasteiger partial charge in [-0.2, -0.15) is 0 Å². The van der Waals surface area contributed by atoms with Crippen LogP contribution in [0.5, 0.6) is 0 Å². The maximum Gasteiger partial charge on any atom is 0.221 e. The first-order valence-electron chi connectivity index (χ1n) is 5.88. The van der Waals surface area contributed by atoms with Crippen LogP contribution in [0.25, 0.3) is 0 Å². The van der Waals surface area contributed by atoms with Crippen LogP contribution in [0, 0.1) is 6.92 Å². The van der Waals surface area contributed by atoms with Gasteiger partial charge in [0.1, 0.15) is 0 Å². The van der Waals surface area contributed by atoms with E-state index in [2.05, 4.69) is 10.6 Å². The van der Waals surface area contributed by atoms with Crippen LogP contribution in [-0.4, -0.2) is 18.5 Å². The molecule has 0 spiro atoms. The van der Waals surface area contributed by atoms with Crippen LogP contribution < -0.4 is 16.4 Å². The van der Waals surface area contributed by atoms with Crippen molar-refractivity contribution in [1.82, 2.24) is 5.32 Å². The fourth-order valence-corrected chi connectivity index (χ4v) is 1.46. The number of rotatable bonds is 5. The Balaban J connectivity index is 2.36. The monoisotopic (exact) mass is 235 g/mol. The molecule has 0 saturated heterocycles. The Bertz CT molecular complexity index is 388. The third-order valence-electron chi connectivity index (χ3n) is 2.41. The Morgan fingerprint density at radius 1 is 1.41 bits per heavy atom. The van der Waals surface area contributed by atoms with E-state index < -0.39 is 0 Å². The second-order valence-corrected chi connectivity index (χ2v) is 4.47. The number of nitrogen functional groups attached to an aromatic ring is 1. The molecular formula is C13H21N3O. The Hall–Kier alpha value is -1.71. The van der Waals surface area contributed by atoms with Crippen LogP contribution in [0.3, 0.4) is 0 Å². The fourth-order valence-electron chi connectivity index (χ4n) is 1.46. The van der Waals surface area contributed by atoms with Gasteiger partial charge in [-0.3, -0.25) is 4.79 Å². The first-order valence-corrected chi connectivity index (χ1v) is 5.88. The first kappa shape index (κ1) is 13.4. The Kier molecular flexibility index (Phi) is 4.82. The van der Waals surface area contributed by atoms with Crippen molar-refractivity contribution < 1.29 is 4.79 Å². The summed E-state index contributed by atoms with van der Waals surface area (Å²) >= 11 is 0. The first-order chi connectivity index (χ1) is 7.99. The molecule has 0 aliphatic rings. The van der Waals surface area contributed by atoms with Crippen LogP contribution in [0.2, 0.25) is 0 Å². The smallest absolute Gasteiger partial charge is 0.221 e. The van der Waals surface area contributed by atoms with E-state index in [4.69, 9.17) is 5.73 Å². The number of benzene rings is 1. The highest BCUT2D eigenvalue weighted by Gasteiger charge is 2.02. The van der Waals surface area contributed by atoms with Crippen molar-refractivity contribution in [2.45, 2.75) is 33.2 Å². The molecule has 1 amide bonds. The summed E-state index contributed by atoms with van der Waals surface area (Å²) in [6.07, 6.45) is 0.464. The maximum atomic E-state index is 11.4. The third-order valence-corrected chi connectivity index (χ3v) is 2.41. The minimum atomic E-state index is 0.0626. The van der Waals surface area contributed by atoms with Crippen LogP contribution in [0.15, 0.2) is 18.2 Å². The molecule has 17 heavy (non-hydrogen) atoms. The van der Waals surface area contributed by atoms with E-state index in [9.17, 15) is 4.79 Å². The molecule has 0 heterocycles. The van der Waals surface area contributed by atoms with Gasteiger partial charge in [0.15, 0.2) is 0 Å². The molecule has 4 heteroatoms. The molecule has 0 bridgehead atoms. The predicted molar refractivity (Wildman–Crippen MR) is 72.0 cm³/mol. The van der Waals surface area contributed by atoms with Crippen LogP contribution in [-0.2, 0) is 4.79 Å². The second-order valence-electron chi connectivity index (χ2n) is 4.47. The van der Waals surface area contributed by atoms with E-state index in [-0.39, 0.29) is 11.9 Å². The van der Waals surface area contributed by atoms with E-state index >= 15 is 0 Å². The number of carbonyl (C=O) groups is 1. The van der Waals surface area contributed by atoms with Gasteiger partial charge >= 0.3 is 0 Å². The van der Waals surface area contributed by atoms with E-state index in [0.29, 0.717) is 13.0 Å². The Labute approximate surface area is 103 Å². The zero-order valence-corrected chi connectivity index (χ0v) is 10.7. The van der Waals surface area contributed by atoms with Crippen molar-refractivity contribution in [3.63, 3.8) is 0 Å². The topological polar surface area (TPSA) is 67.2 Å². The molecule has 1 rings (SSSR count). The van der Waals surface area contributed by atoms with Gasteiger partial charge in [0.2, 0.25) is 5.91 Å². The molecule has 0 aromatic heterocycles. The van der Waals surface area contributed by atoms with Crippen LogP contribution in [0.4, 0.5) is 11.4 Å². The lowest BCUT2D eigenvalue weighted by Gasteiger charge is -2.10. The summed E-state index contributed by atoms with van der Waals surface area (Å²) < 4.78 is 0. The largest absolute Gasteiger partial charge is 0.398 e. The Morgan fingerprint density at radius 2 is 2.12 bits per heavy atom. The van der Waals surface area contributed by atoms with Crippen molar-refractivity contribution in [3.8, 4) is 0 Å². The molecule has 4 N–H and O–H groups in total. The molecular weight excluding hydrogens is 214 g/mol. The number of amides is 1. The highest BCUT2D eigenvalue weighted by molar-refractivity contribution is 5.76. The molecule has 0 aliphatic heterocycles. The molecule has 1 aromatic rings. The zero-order chi connectivity index (χ0) is 12.8. The SMILES string of the molecule is Cc1ccc(NCCC(=O)NC(C)C)cc1N. The number of hydrogen-bond donors (Lipinski definition) is 3. The standard InChI is InChI=1S/C13H21N3O/c1-9(2)16-13(17)6-7-15-11-5-4-10(3)12(14)8-11/h4-5,8-9,15H,6-7,14H2,1-3H3,(H,16,17). The second kappa shape index (κ2) is 6.13. The number of anilines is 2. The third kappa shape index (κ3) is 4.76. The fraction of sp³-hybridized carbons (Fsp3) is 0.462. The summed E-state index contributed by atoms with van der Waals surface area (Å²) in [5.41, 5.74) is 8.58.